The van der Waals surface area contributed by atoms with Crippen LogP contribution < -0.4 is 0 Å². The number of hydrogen-bond acceptors (Lipinski definition) is 4. The SMILES string of the molecule is O=C(CC1CCN(Cc2ccccc2)CC1)N1CCO[C@H](CO)[C@H]1c1ccccc1. The smallest absolute Gasteiger partial charge is 0.223 e. The van der Waals surface area contributed by atoms with Gasteiger partial charge in [-0.1, -0.05) is 60.7 Å². The van der Waals surface area contributed by atoms with Crippen LogP contribution in [0.3, 0.4) is 0 Å². The summed E-state index contributed by atoms with van der Waals surface area (Å²) in [5, 5.41) is 9.83. The number of aliphatic hydroxyl groups is 1. The van der Waals surface area contributed by atoms with Gasteiger partial charge < -0.3 is 14.7 Å². The van der Waals surface area contributed by atoms with Gasteiger partial charge >= 0.3 is 0 Å². The lowest BCUT2D eigenvalue weighted by Gasteiger charge is -2.42. The third kappa shape index (κ3) is 5.09. The highest BCUT2D eigenvalue weighted by atomic mass is 16.5. The van der Waals surface area contributed by atoms with Crippen molar-refractivity contribution in [1.29, 1.82) is 0 Å². The van der Waals surface area contributed by atoms with Gasteiger partial charge in [-0.05, 0) is 43.0 Å². The summed E-state index contributed by atoms with van der Waals surface area (Å²) in [5.41, 5.74) is 2.38. The minimum atomic E-state index is -0.363. The molecule has 5 nitrogen and oxygen atoms in total. The van der Waals surface area contributed by atoms with E-state index in [4.69, 9.17) is 4.74 Å². The van der Waals surface area contributed by atoms with Crippen LogP contribution in [0.2, 0.25) is 0 Å². The molecule has 0 radical (unpaired) electrons. The molecule has 0 aliphatic carbocycles. The van der Waals surface area contributed by atoms with Crippen LogP contribution in [0.5, 0.6) is 0 Å². The second-order valence-corrected chi connectivity index (χ2v) is 8.44. The molecule has 0 unspecified atom stereocenters. The Kier molecular flexibility index (Phi) is 7.16. The Morgan fingerprint density at radius 3 is 2.30 bits per heavy atom. The molecule has 1 N–H and O–H groups in total. The van der Waals surface area contributed by atoms with E-state index in [0.29, 0.717) is 25.5 Å². The van der Waals surface area contributed by atoms with Gasteiger partial charge in [0.1, 0.15) is 6.10 Å². The predicted molar refractivity (Wildman–Crippen MR) is 117 cm³/mol. The average molecular weight is 409 g/mol. The zero-order valence-electron chi connectivity index (χ0n) is 17.5. The van der Waals surface area contributed by atoms with Crippen LogP contribution in [0.4, 0.5) is 0 Å². The summed E-state index contributed by atoms with van der Waals surface area (Å²) in [6, 6.07) is 20.3. The van der Waals surface area contributed by atoms with Gasteiger partial charge in [0, 0.05) is 19.5 Å². The van der Waals surface area contributed by atoms with E-state index in [0.717, 1.165) is 38.0 Å². The molecular formula is C25H32N2O3. The maximum absolute atomic E-state index is 13.3. The number of benzene rings is 2. The van der Waals surface area contributed by atoms with Crippen molar-refractivity contribution in [1.82, 2.24) is 9.80 Å². The van der Waals surface area contributed by atoms with Crippen molar-refractivity contribution in [3.8, 4) is 0 Å². The highest BCUT2D eigenvalue weighted by Crippen LogP contribution is 2.32. The molecule has 2 aliphatic rings. The highest BCUT2D eigenvalue weighted by Gasteiger charge is 2.36. The standard InChI is InChI=1S/C25H32N2O3/c28-19-23-25(22-9-5-2-6-10-22)27(15-16-30-23)24(29)17-20-11-13-26(14-12-20)18-21-7-3-1-4-8-21/h1-10,20,23,25,28H,11-19H2/t23-,25-/m1/s1. The minimum Gasteiger partial charge on any atom is -0.394 e. The molecule has 0 saturated carbocycles. The van der Waals surface area contributed by atoms with Crippen molar-refractivity contribution >= 4 is 5.91 Å². The average Bonchev–Trinajstić information content (AvgIpc) is 2.81. The Morgan fingerprint density at radius 1 is 0.967 bits per heavy atom. The number of hydrogen-bond donors (Lipinski definition) is 1. The third-order valence-electron chi connectivity index (χ3n) is 6.41. The monoisotopic (exact) mass is 408 g/mol. The van der Waals surface area contributed by atoms with Gasteiger partial charge in [-0.15, -0.1) is 0 Å². The number of carbonyl (C=O) groups is 1. The molecule has 5 heteroatoms. The van der Waals surface area contributed by atoms with E-state index in [-0.39, 0.29) is 24.7 Å². The van der Waals surface area contributed by atoms with Crippen LogP contribution in [0.15, 0.2) is 60.7 Å². The number of morpholine rings is 1. The summed E-state index contributed by atoms with van der Waals surface area (Å²) in [7, 11) is 0. The molecule has 2 atom stereocenters. The number of aliphatic hydroxyl groups excluding tert-OH is 1. The van der Waals surface area contributed by atoms with Crippen LogP contribution in [-0.4, -0.2) is 59.8 Å². The Balaban J connectivity index is 1.35. The summed E-state index contributed by atoms with van der Waals surface area (Å²) in [6.45, 7) is 4.05. The topological polar surface area (TPSA) is 53.0 Å². The van der Waals surface area contributed by atoms with E-state index < -0.39 is 0 Å². The van der Waals surface area contributed by atoms with E-state index in [9.17, 15) is 9.90 Å². The zero-order valence-corrected chi connectivity index (χ0v) is 17.5. The van der Waals surface area contributed by atoms with Crippen molar-refractivity contribution in [2.24, 2.45) is 5.92 Å². The largest absolute Gasteiger partial charge is 0.394 e. The van der Waals surface area contributed by atoms with Gasteiger partial charge in [-0.3, -0.25) is 9.69 Å². The Morgan fingerprint density at radius 2 is 1.63 bits per heavy atom. The first-order valence-electron chi connectivity index (χ1n) is 11.1. The fourth-order valence-electron chi connectivity index (χ4n) is 4.77. The molecular weight excluding hydrogens is 376 g/mol. The van der Waals surface area contributed by atoms with E-state index in [1.807, 2.05) is 35.2 Å². The molecule has 2 heterocycles. The molecule has 1 amide bonds. The molecule has 4 rings (SSSR count). The van der Waals surface area contributed by atoms with E-state index in [1.54, 1.807) is 0 Å². The third-order valence-corrected chi connectivity index (χ3v) is 6.41. The Labute approximate surface area is 179 Å². The highest BCUT2D eigenvalue weighted by molar-refractivity contribution is 5.77. The van der Waals surface area contributed by atoms with Gasteiger partial charge in [-0.2, -0.15) is 0 Å². The zero-order chi connectivity index (χ0) is 20.8. The minimum absolute atomic E-state index is 0.0821. The predicted octanol–water partition coefficient (Wildman–Crippen LogP) is 3.25. The second kappa shape index (κ2) is 10.2. The van der Waals surface area contributed by atoms with Gasteiger partial charge in [0.05, 0.1) is 19.3 Å². The lowest BCUT2D eigenvalue weighted by atomic mass is 9.91. The van der Waals surface area contributed by atoms with Crippen LogP contribution in [0.1, 0.15) is 36.4 Å². The molecule has 2 aromatic carbocycles. The van der Waals surface area contributed by atoms with E-state index >= 15 is 0 Å². The first-order chi connectivity index (χ1) is 14.7. The summed E-state index contributed by atoms with van der Waals surface area (Å²) in [5.74, 6) is 0.614. The lowest BCUT2D eigenvalue weighted by Crippen LogP contribution is -2.50. The molecule has 30 heavy (non-hydrogen) atoms. The van der Waals surface area contributed by atoms with Gasteiger partial charge in [-0.25, -0.2) is 0 Å². The van der Waals surface area contributed by atoms with Crippen molar-refractivity contribution in [3.63, 3.8) is 0 Å². The Hall–Kier alpha value is -2.21. The molecule has 2 fully saturated rings. The van der Waals surface area contributed by atoms with Gasteiger partial charge in [0.2, 0.25) is 5.91 Å². The normalized spacial score (nSPS) is 23.4. The van der Waals surface area contributed by atoms with Crippen LogP contribution in [0.25, 0.3) is 0 Å². The molecule has 0 bridgehead atoms. The van der Waals surface area contributed by atoms with Crippen LogP contribution >= 0.6 is 0 Å². The molecule has 2 aliphatic heterocycles. The fourth-order valence-corrected chi connectivity index (χ4v) is 4.77. The maximum Gasteiger partial charge on any atom is 0.223 e. The number of nitrogens with zero attached hydrogens (tertiary/aromatic N) is 2. The molecule has 160 valence electrons. The van der Waals surface area contributed by atoms with Crippen molar-refractivity contribution in [3.05, 3.63) is 71.8 Å². The summed E-state index contributed by atoms with van der Waals surface area (Å²) in [4.78, 5) is 17.7. The molecule has 2 saturated heterocycles. The van der Waals surface area contributed by atoms with E-state index in [2.05, 4.69) is 35.2 Å². The number of rotatable bonds is 6. The quantitative estimate of drug-likeness (QED) is 0.797. The first-order valence-corrected chi connectivity index (χ1v) is 11.1. The van der Waals surface area contributed by atoms with Crippen LogP contribution in [-0.2, 0) is 16.1 Å². The number of ether oxygens (including phenoxy) is 1. The number of piperidine rings is 1. The van der Waals surface area contributed by atoms with Gasteiger partial charge in [0.15, 0.2) is 0 Å². The van der Waals surface area contributed by atoms with Crippen molar-refractivity contribution in [2.75, 3.05) is 32.8 Å². The molecule has 0 spiro atoms. The van der Waals surface area contributed by atoms with Crippen molar-refractivity contribution in [2.45, 2.75) is 38.0 Å². The number of likely N-dealkylation sites (tertiary alicyclic amines) is 1. The molecule has 2 aromatic rings. The van der Waals surface area contributed by atoms with E-state index in [1.165, 1.54) is 5.56 Å². The fraction of sp³-hybridized carbons (Fsp3) is 0.480. The van der Waals surface area contributed by atoms with Crippen LogP contribution in [0, 0.1) is 5.92 Å². The summed E-state index contributed by atoms with van der Waals surface area (Å²) >= 11 is 0. The summed E-state index contributed by atoms with van der Waals surface area (Å²) < 4.78 is 5.78. The first kappa shape index (κ1) is 21.0. The maximum atomic E-state index is 13.3. The molecule has 0 aromatic heterocycles. The summed E-state index contributed by atoms with van der Waals surface area (Å²) in [6.07, 6.45) is 2.34. The van der Waals surface area contributed by atoms with Gasteiger partial charge in [0.25, 0.3) is 0 Å². The van der Waals surface area contributed by atoms with Crippen molar-refractivity contribution < 1.29 is 14.6 Å². The second-order valence-electron chi connectivity index (χ2n) is 8.44. The number of amides is 1. The Bertz CT molecular complexity index is 791. The lowest BCUT2D eigenvalue weighted by molar-refractivity contribution is -0.151. The number of carbonyl (C=O) groups excluding carboxylic acids is 1.